The standard InChI is InChI=1S/C28H33N7O3/c1-4-21-28(37)34(2)23-17-30-25(13-22(23)35(21)20-9-5-6-10-20)33-26-24(38-3)12-19(16-31-26)27(36)32-15-18-8-7-11-29-14-18/h7-8,11-14,16-17,20-21H,4-6,9-10,15H2,1-3H3,(H,32,36)(H,30,31,33). The van der Waals surface area contributed by atoms with Gasteiger partial charge in [-0.25, -0.2) is 9.97 Å². The second-order valence-corrected chi connectivity index (χ2v) is 9.67. The van der Waals surface area contributed by atoms with Gasteiger partial charge in [0, 0.05) is 44.3 Å². The van der Waals surface area contributed by atoms with E-state index in [4.69, 9.17) is 4.74 Å². The van der Waals surface area contributed by atoms with E-state index in [9.17, 15) is 9.59 Å². The molecular formula is C28H33N7O3. The second-order valence-electron chi connectivity index (χ2n) is 9.67. The summed E-state index contributed by atoms with van der Waals surface area (Å²) in [4.78, 5) is 42.9. The molecule has 2 aliphatic rings. The molecule has 38 heavy (non-hydrogen) atoms. The molecule has 1 aliphatic heterocycles. The van der Waals surface area contributed by atoms with Crippen LogP contribution in [0.25, 0.3) is 0 Å². The fourth-order valence-electron chi connectivity index (χ4n) is 5.33. The van der Waals surface area contributed by atoms with Crippen molar-refractivity contribution < 1.29 is 14.3 Å². The third-order valence-electron chi connectivity index (χ3n) is 7.31. The molecule has 2 N–H and O–H groups in total. The van der Waals surface area contributed by atoms with Crippen molar-refractivity contribution in [1.29, 1.82) is 0 Å². The maximum atomic E-state index is 13.1. The van der Waals surface area contributed by atoms with Crippen LogP contribution in [0.5, 0.6) is 5.75 Å². The summed E-state index contributed by atoms with van der Waals surface area (Å²) in [5, 5.41) is 6.12. The highest BCUT2D eigenvalue weighted by atomic mass is 16.5. The van der Waals surface area contributed by atoms with Crippen LogP contribution in [0.4, 0.5) is 23.0 Å². The number of carbonyl (C=O) groups is 2. The van der Waals surface area contributed by atoms with E-state index in [1.54, 1.807) is 29.6 Å². The predicted octanol–water partition coefficient (Wildman–Crippen LogP) is 4.06. The van der Waals surface area contributed by atoms with Crippen molar-refractivity contribution >= 4 is 34.8 Å². The topological polar surface area (TPSA) is 113 Å². The van der Waals surface area contributed by atoms with Crippen LogP contribution >= 0.6 is 0 Å². The minimum absolute atomic E-state index is 0.107. The number of pyridine rings is 3. The van der Waals surface area contributed by atoms with Gasteiger partial charge >= 0.3 is 0 Å². The lowest BCUT2D eigenvalue weighted by Gasteiger charge is -2.44. The zero-order chi connectivity index (χ0) is 26.6. The van der Waals surface area contributed by atoms with Gasteiger partial charge in [-0.3, -0.25) is 14.6 Å². The number of likely N-dealkylation sites (N-methyl/N-ethyl adjacent to an activating group) is 1. The molecule has 2 amide bonds. The van der Waals surface area contributed by atoms with Crippen LogP contribution in [-0.2, 0) is 11.3 Å². The Morgan fingerprint density at radius 1 is 1.13 bits per heavy atom. The lowest BCUT2D eigenvalue weighted by molar-refractivity contribution is -0.120. The first-order valence-electron chi connectivity index (χ1n) is 13.0. The van der Waals surface area contributed by atoms with Gasteiger partial charge in [0.15, 0.2) is 11.6 Å². The van der Waals surface area contributed by atoms with Gasteiger partial charge in [0.1, 0.15) is 11.9 Å². The number of fused-ring (bicyclic) bond motifs is 1. The molecule has 3 aromatic rings. The van der Waals surface area contributed by atoms with Crippen molar-refractivity contribution in [3.8, 4) is 5.75 Å². The number of anilines is 4. The first-order valence-corrected chi connectivity index (χ1v) is 13.0. The smallest absolute Gasteiger partial charge is 0.253 e. The van der Waals surface area contributed by atoms with Crippen LogP contribution in [0, 0.1) is 0 Å². The highest BCUT2D eigenvalue weighted by molar-refractivity contribution is 6.05. The number of aromatic nitrogens is 3. The largest absolute Gasteiger partial charge is 0.493 e. The normalized spacial score (nSPS) is 17.3. The molecule has 1 fully saturated rings. The number of nitrogens with zero attached hydrogens (tertiary/aromatic N) is 5. The number of methoxy groups -OCH3 is 1. The summed E-state index contributed by atoms with van der Waals surface area (Å²) in [6.07, 6.45) is 11.9. The van der Waals surface area contributed by atoms with Crippen molar-refractivity contribution in [3.63, 3.8) is 0 Å². The van der Waals surface area contributed by atoms with Gasteiger partial charge in [-0.15, -0.1) is 0 Å². The third-order valence-corrected chi connectivity index (χ3v) is 7.31. The van der Waals surface area contributed by atoms with Gasteiger partial charge in [-0.1, -0.05) is 25.8 Å². The summed E-state index contributed by atoms with van der Waals surface area (Å²) >= 11 is 0. The summed E-state index contributed by atoms with van der Waals surface area (Å²) in [7, 11) is 3.35. The Morgan fingerprint density at radius 2 is 1.95 bits per heavy atom. The highest BCUT2D eigenvalue weighted by Crippen LogP contribution is 2.42. The SMILES string of the molecule is CCC1C(=O)N(C)c2cnc(Nc3ncc(C(=O)NCc4cccnc4)cc3OC)cc2N1C1CCCC1. The Balaban J connectivity index is 1.38. The van der Waals surface area contributed by atoms with Crippen LogP contribution in [0.2, 0.25) is 0 Å². The maximum Gasteiger partial charge on any atom is 0.253 e. The molecule has 0 saturated heterocycles. The van der Waals surface area contributed by atoms with Crippen LogP contribution in [0.3, 0.4) is 0 Å². The molecule has 0 spiro atoms. The van der Waals surface area contributed by atoms with E-state index in [0.29, 0.717) is 35.5 Å². The average molecular weight is 516 g/mol. The Morgan fingerprint density at radius 3 is 2.66 bits per heavy atom. The van der Waals surface area contributed by atoms with Crippen LogP contribution < -0.4 is 25.2 Å². The molecule has 0 aromatic carbocycles. The van der Waals surface area contributed by atoms with Crippen molar-refractivity contribution in [1.82, 2.24) is 20.3 Å². The first-order chi connectivity index (χ1) is 18.5. The molecule has 0 radical (unpaired) electrons. The van der Waals surface area contributed by atoms with E-state index in [2.05, 4.69) is 37.4 Å². The van der Waals surface area contributed by atoms with Gasteiger partial charge in [-0.2, -0.15) is 0 Å². The number of nitrogens with one attached hydrogen (secondary N) is 2. The Bertz CT molecular complexity index is 1310. The number of hydrogen-bond donors (Lipinski definition) is 2. The molecule has 1 aliphatic carbocycles. The second kappa shape index (κ2) is 11.0. The summed E-state index contributed by atoms with van der Waals surface area (Å²) in [6.45, 7) is 2.42. The first kappa shape index (κ1) is 25.4. The molecule has 198 valence electrons. The van der Waals surface area contributed by atoms with Crippen molar-refractivity contribution in [2.45, 2.75) is 57.7 Å². The molecule has 0 bridgehead atoms. The molecule has 1 atom stereocenters. The van der Waals surface area contributed by atoms with Gasteiger partial charge < -0.3 is 25.2 Å². The number of amides is 2. The minimum Gasteiger partial charge on any atom is -0.493 e. The maximum absolute atomic E-state index is 13.1. The number of rotatable bonds is 8. The zero-order valence-corrected chi connectivity index (χ0v) is 22.0. The van der Waals surface area contributed by atoms with E-state index in [1.165, 1.54) is 26.1 Å². The summed E-state index contributed by atoms with van der Waals surface area (Å²) < 4.78 is 5.55. The summed E-state index contributed by atoms with van der Waals surface area (Å²) in [5.41, 5.74) is 3.08. The monoisotopic (exact) mass is 515 g/mol. The average Bonchev–Trinajstić information content (AvgIpc) is 3.48. The van der Waals surface area contributed by atoms with Crippen molar-refractivity contribution in [2.24, 2.45) is 0 Å². The van der Waals surface area contributed by atoms with Gasteiger partial charge in [0.25, 0.3) is 5.91 Å². The Kier molecular flexibility index (Phi) is 7.39. The van der Waals surface area contributed by atoms with E-state index in [0.717, 1.165) is 36.2 Å². The number of carbonyl (C=O) groups excluding carboxylic acids is 2. The zero-order valence-electron chi connectivity index (χ0n) is 22.0. The van der Waals surface area contributed by atoms with Crippen LogP contribution in [0.15, 0.2) is 49.1 Å². The fourth-order valence-corrected chi connectivity index (χ4v) is 5.33. The van der Waals surface area contributed by atoms with E-state index < -0.39 is 0 Å². The molecule has 10 heteroatoms. The molecule has 4 heterocycles. The van der Waals surface area contributed by atoms with E-state index in [-0.39, 0.29) is 17.9 Å². The molecule has 5 rings (SSSR count). The van der Waals surface area contributed by atoms with E-state index >= 15 is 0 Å². The molecule has 10 nitrogen and oxygen atoms in total. The quantitative estimate of drug-likeness (QED) is 0.462. The van der Waals surface area contributed by atoms with Crippen LogP contribution in [0.1, 0.15) is 54.9 Å². The van der Waals surface area contributed by atoms with Gasteiger partial charge in [0.2, 0.25) is 5.91 Å². The fraction of sp³-hybridized carbons (Fsp3) is 0.393. The van der Waals surface area contributed by atoms with Crippen molar-refractivity contribution in [2.75, 3.05) is 29.3 Å². The highest BCUT2D eigenvalue weighted by Gasteiger charge is 2.40. The van der Waals surface area contributed by atoms with Crippen LogP contribution in [-0.4, -0.2) is 53.0 Å². The minimum atomic E-state index is -0.261. The Hall–Kier alpha value is -4.21. The van der Waals surface area contributed by atoms with Crippen molar-refractivity contribution in [3.05, 3.63) is 60.2 Å². The van der Waals surface area contributed by atoms with Gasteiger partial charge in [-0.05, 0) is 37.0 Å². The predicted molar refractivity (Wildman–Crippen MR) is 146 cm³/mol. The lowest BCUT2D eigenvalue weighted by atomic mass is 10.0. The summed E-state index contributed by atoms with van der Waals surface area (Å²) in [5.74, 6) is 1.30. The number of hydrogen-bond acceptors (Lipinski definition) is 8. The number of ether oxygens (including phenoxy) is 1. The lowest BCUT2D eigenvalue weighted by Crippen LogP contribution is -2.55. The van der Waals surface area contributed by atoms with Gasteiger partial charge in [0.05, 0.1) is 30.2 Å². The molecule has 1 unspecified atom stereocenters. The molecule has 1 saturated carbocycles. The Labute approximate surface area is 222 Å². The van der Waals surface area contributed by atoms with E-state index in [1.807, 2.05) is 25.2 Å². The summed E-state index contributed by atoms with van der Waals surface area (Å²) in [6, 6.07) is 7.50. The third kappa shape index (κ3) is 4.98. The molecular weight excluding hydrogens is 482 g/mol. The molecule has 3 aromatic heterocycles.